The van der Waals surface area contributed by atoms with Gasteiger partial charge in [0.05, 0.1) is 0 Å². The van der Waals surface area contributed by atoms with E-state index in [0.717, 1.165) is 109 Å². The van der Waals surface area contributed by atoms with E-state index in [1.807, 2.05) is 0 Å². The number of ether oxygens (including phenoxy) is 3. The van der Waals surface area contributed by atoms with Gasteiger partial charge < -0.3 is 14.2 Å². The van der Waals surface area contributed by atoms with Crippen LogP contribution in [0.4, 0.5) is 0 Å². The van der Waals surface area contributed by atoms with E-state index in [1.54, 1.807) is 0 Å². The summed E-state index contributed by atoms with van der Waals surface area (Å²) in [4.78, 5) is 38.3. The molecule has 0 heterocycles. The van der Waals surface area contributed by atoms with Gasteiger partial charge in [0.1, 0.15) is 13.2 Å². The lowest BCUT2D eigenvalue weighted by Gasteiger charge is -2.18. The van der Waals surface area contributed by atoms with Crippen LogP contribution in [0.2, 0.25) is 0 Å². The first-order valence-electron chi connectivity index (χ1n) is 33.2. The van der Waals surface area contributed by atoms with Crippen molar-refractivity contribution in [1.82, 2.24) is 0 Å². The normalized spacial score (nSPS) is 12.7. The first kappa shape index (κ1) is 74.3. The van der Waals surface area contributed by atoms with E-state index >= 15 is 0 Å². The van der Waals surface area contributed by atoms with Gasteiger partial charge in [-0.2, -0.15) is 0 Å². The van der Waals surface area contributed by atoms with Crippen molar-refractivity contribution in [3.63, 3.8) is 0 Å². The van der Waals surface area contributed by atoms with Gasteiger partial charge in [-0.15, -0.1) is 0 Å². The summed E-state index contributed by atoms with van der Waals surface area (Å²) < 4.78 is 16.9. The van der Waals surface area contributed by atoms with Gasteiger partial charge in [0, 0.05) is 19.3 Å². The maximum atomic E-state index is 12.9. The van der Waals surface area contributed by atoms with Gasteiger partial charge in [0.15, 0.2) is 6.10 Å². The highest BCUT2D eigenvalue weighted by atomic mass is 16.6. The molecule has 0 amide bonds. The molecule has 0 rings (SSSR count). The summed E-state index contributed by atoms with van der Waals surface area (Å²) in [6.45, 7) is 6.50. The van der Waals surface area contributed by atoms with Crippen LogP contribution in [0.3, 0.4) is 0 Å². The second-order valence-corrected chi connectivity index (χ2v) is 22.0. The highest BCUT2D eigenvalue weighted by Crippen LogP contribution is 2.16. The zero-order valence-electron chi connectivity index (χ0n) is 51.4. The molecule has 0 bridgehead atoms. The van der Waals surface area contributed by atoms with E-state index in [2.05, 4.69) is 118 Å². The Morgan fingerprint density at radius 2 is 0.500 bits per heavy atom. The smallest absolute Gasteiger partial charge is 0.306 e. The molecule has 0 aromatic rings. The molecule has 1 atom stereocenters. The number of carbonyl (C=O) groups is 3. The van der Waals surface area contributed by atoms with E-state index in [-0.39, 0.29) is 31.1 Å². The van der Waals surface area contributed by atoms with Crippen molar-refractivity contribution in [2.75, 3.05) is 13.2 Å². The summed E-state index contributed by atoms with van der Waals surface area (Å²) in [5, 5.41) is 0. The van der Waals surface area contributed by atoms with Crippen molar-refractivity contribution >= 4 is 17.9 Å². The summed E-state index contributed by atoms with van der Waals surface area (Å²) >= 11 is 0. The van der Waals surface area contributed by atoms with E-state index < -0.39 is 6.10 Å². The minimum Gasteiger partial charge on any atom is -0.462 e. The van der Waals surface area contributed by atoms with Gasteiger partial charge in [-0.3, -0.25) is 14.4 Å². The zero-order chi connectivity index (χ0) is 56.4. The molecule has 0 aromatic carbocycles. The number of carbonyl (C=O) groups excluding carboxylic acids is 3. The summed E-state index contributed by atoms with van der Waals surface area (Å²) in [6, 6.07) is 0. The molecule has 0 radical (unpaired) electrons. The third-order valence-corrected chi connectivity index (χ3v) is 14.3. The Kier molecular flexibility index (Phi) is 62.7. The Labute approximate surface area is 483 Å². The van der Waals surface area contributed by atoms with Crippen molar-refractivity contribution in [1.29, 1.82) is 0 Å². The molecule has 78 heavy (non-hydrogen) atoms. The third kappa shape index (κ3) is 63.2. The first-order chi connectivity index (χ1) is 38.5. The fourth-order valence-corrected chi connectivity index (χ4v) is 9.32. The number of hydrogen-bond donors (Lipinski definition) is 0. The minimum absolute atomic E-state index is 0.0835. The van der Waals surface area contributed by atoms with Crippen LogP contribution in [0.25, 0.3) is 0 Å². The summed E-state index contributed by atoms with van der Waals surface area (Å²) in [5.74, 6) is -0.892. The van der Waals surface area contributed by atoms with E-state index in [0.29, 0.717) is 19.3 Å². The van der Waals surface area contributed by atoms with Crippen molar-refractivity contribution in [3.8, 4) is 0 Å². The summed E-state index contributed by atoms with van der Waals surface area (Å²) in [5.41, 5.74) is 0. The quantitative estimate of drug-likeness (QED) is 0.0261. The topological polar surface area (TPSA) is 78.9 Å². The molecule has 0 spiro atoms. The van der Waals surface area contributed by atoms with Gasteiger partial charge >= 0.3 is 17.9 Å². The lowest BCUT2D eigenvalue weighted by molar-refractivity contribution is -0.167. The maximum Gasteiger partial charge on any atom is 0.306 e. The number of hydrogen-bond acceptors (Lipinski definition) is 6. The summed E-state index contributed by atoms with van der Waals surface area (Å²) in [6.07, 6.45) is 88.5. The van der Waals surface area contributed by atoms with Gasteiger partial charge in [-0.05, 0) is 122 Å². The lowest BCUT2D eigenvalue weighted by Crippen LogP contribution is -2.30. The van der Waals surface area contributed by atoms with Crippen LogP contribution in [-0.2, 0) is 28.6 Å². The second kappa shape index (κ2) is 65.8. The Balaban J connectivity index is 4.29. The molecule has 0 saturated heterocycles. The Hall–Kier alpha value is -3.67. The Morgan fingerprint density at radius 1 is 0.269 bits per heavy atom. The number of esters is 3. The molecule has 0 aliphatic rings. The first-order valence-corrected chi connectivity index (χ1v) is 33.2. The van der Waals surface area contributed by atoms with Crippen LogP contribution in [0, 0.1) is 0 Å². The summed E-state index contributed by atoms with van der Waals surface area (Å²) in [7, 11) is 0. The Bertz CT molecular complexity index is 1530. The van der Waals surface area contributed by atoms with Crippen molar-refractivity contribution in [2.24, 2.45) is 0 Å². The third-order valence-electron chi connectivity index (χ3n) is 14.3. The van der Waals surface area contributed by atoms with E-state index in [4.69, 9.17) is 14.2 Å². The van der Waals surface area contributed by atoms with Crippen molar-refractivity contribution < 1.29 is 28.6 Å². The van der Waals surface area contributed by atoms with Gasteiger partial charge in [0.25, 0.3) is 0 Å². The number of rotatable bonds is 60. The van der Waals surface area contributed by atoms with Crippen LogP contribution in [-0.4, -0.2) is 37.2 Å². The molecule has 0 N–H and O–H groups in total. The van der Waals surface area contributed by atoms with Crippen LogP contribution >= 0.6 is 0 Å². The Morgan fingerprint density at radius 3 is 0.821 bits per heavy atom. The maximum absolute atomic E-state index is 12.9. The molecule has 0 aliphatic heterocycles. The molecule has 0 aliphatic carbocycles. The predicted molar refractivity (Wildman–Crippen MR) is 339 cm³/mol. The average Bonchev–Trinajstić information content (AvgIpc) is 3.44. The number of unbranched alkanes of at least 4 members (excludes halogenated alkanes) is 33. The minimum atomic E-state index is -0.788. The molecule has 448 valence electrons. The van der Waals surface area contributed by atoms with Gasteiger partial charge in [-0.25, -0.2) is 0 Å². The van der Waals surface area contributed by atoms with Crippen molar-refractivity contribution in [3.05, 3.63) is 97.2 Å². The monoisotopic (exact) mass is 1080 g/mol. The second-order valence-electron chi connectivity index (χ2n) is 22.0. The fraction of sp³-hybridized carbons (Fsp3) is 0.736. The highest BCUT2D eigenvalue weighted by molar-refractivity contribution is 5.71. The zero-order valence-corrected chi connectivity index (χ0v) is 51.4. The van der Waals surface area contributed by atoms with Crippen LogP contribution in [0.15, 0.2) is 97.2 Å². The van der Waals surface area contributed by atoms with Gasteiger partial charge in [-0.1, -0.05) is 279 Å². The molecule has 0 saturated carbocycles. The van der Waals surface area contributed by atoms with Crippen LogP contribution in [0.5, 0.6) is 0 Å². The molecular formula is C72H124O6. The average molecular weight is 1090 g/mol. The van der Waals surface area contributed by atoms with Crippen LogP contribution < -0.4 is 0 Å². The van der Waals surface area contributed by atoms with Crippen molar-refractivity contribution in [2.45, 2.75) is 329 Å². The highest BCUT2D eigenvalue weighted by Gasteiger charge is 2.19. The largest absolute Gasteiger partial charge is 0.462 e. The molecule has 6 nitrogen and oxygen atoms in total. The predicted octanol–water partition coefficient (Wildman–Crippen LogP) is 22.8. The van der Waals surface area contributed by atoms with E-state index in [9.17, 15) is 14.4 Å². The standard InChI is InChI=1S/C72H124O6/c1-4-7-10-13-16-19-22-25-27-29-31-33-34-35-36-37-38-40-41-43-45-47-50-53-56-59-62-65-71(74)77-68-69(67-76-70(73)64-61-58-55-52-49-24-21-18-15-12-9-6-3)78-72(75)66-63-60-57-54-51-48-46-44-42-39-32-30-28-26-23-20-17-14-11-8-5-2/h8,11,17-18,20-22,25-26,28-29,31-32,34-35,39,69H,4-7,9-10,12-16,19,23-24,27,30,33,36-38,40-68H2,1-3H3/b11-8-,20-17-,21-18-,25-22-,28-26-,31-29-,35-34-,39-32-. The fourth-order valence-electron chi connectivity index (χ4n) is 9.32. The molecule has 6 heteroatoms. The van der Waals surface area contributed by atoms with Crippen LogP contribution in [0.1, 0.15) is 323 Å². The van der Waals surface area contributed by atoms with Gasteiger partial charge in [0.2, 0.25) is 0 Å². The molecular weight excluding hydrogens is 961 g/mol. The number of allylic oxidation sites excluding steroid dienone is 16. The molecule has 0 fully saturated rings. The molecule has 0 aromatic heterocycles. The molecule has 1 unspecified atom stereocenters. The van der Waals surface area contributed by atoms with E-state index in [1.165, 1.54) is 173 Å². The lowest BCUT2D eigenvalue weighted by atomic mass is 10.0. The SMILES string of the molecule is CC/C=C\C/C=C\C/C=C\C/C=C\CCCCCCCCCCC(=O)OC(COC(=O)CCCCCCC/C=C\CCCCC)COC(=O)CCCCCCCCCCCCCC/C=C\C/C=C\C/C=C\CCCCCCC.